The van der Waals surface area contributed by atoms with Crippen LogP contribution in [0.2, 0.25) is 0 Å². The number of carbonyl (C=O) groups is 1. The molecule has 1 aromatic heterocycles. The molecule has 5 rings (SSSR count). The summed E-state index contributed by atoms with van der Waals surface area (Å²) in [7, 11) is 4.16. The zero-order chi connectivity index (χ0) is 26.1. The zero-order valence-corrected chi connectivity index (χ0v) is 22.8. The predicted octanol–water partition coefficient (Wildman–Crippen LogP) is 5.17. The molecule has 0 bridgehead atoms. The van der Waals surface area contributed by atoms with Crippen molar-refractivity contribution in [3.63, 3.8) is 0 Å². The number of nitrogens with zero attached hydrogens (tertiary/aromatic N) is 4. The maximum atomic E-state index is 13.0. The van der Waals surface area contributed by atoms with E-state index in [1.807, 2.05) is 43.1 Å². The SMILES string of the molecule is CC(C)Oc1ccc(-c2ncc(C3C=CC=C4C3CC[C@@H]4NC(=O)N3CCC(N(C)C)C3)s2)cc1C#N. The van der Waals surface area contributed by atoms with Crippen molar-refractivity contribution in [2.75, 3.05) is 27.2 Å². The van der Waals surface area contributed by atoms with Crippen LogP contribution < -0.4 is 10.1 Å². The summed E-state index contributed by atoms with van der Waals surface area (Å²) in [6.45, 7) is 5.51. The lowest BCUT2D eigenvalue weighted by atomic mass is 9.83. The maximum absolute atomic E-state index is 13.0. The van der Waals surface area contributed by atoms with Crippen LogP contribution in [0.4, 0.5) is 4.79 Å². The average molecular weight is 518 g/mol. The second kappa shape index (κ2) is 10.7. The van der Waals surface area contributed by atoms with Gasteiger partial charge in [0.15, 0.2) is 0 Å². The van der Waals surface area contributed by atoms with E-state index in [4.69, 9.17) is 9.72 Å². The molecule has 0 spiro atoms. The largest absolute Gasteiger partial charge is 0.490 e. The minimum absolute atomic E-state index is 0.00934. The Hall–Kier alpha value is -3.15. The molecule has 2 aliphatic carbocycles. The summed E-state index contributed by atoms with van der Waals surface area (Å²) in [6, 6.07) is 8.53. The summed E-state index contributed by atoms with van der Waals surface area (Å²) in [5.41, 5.74) is 2.77. The van der Waals surface area contributed by atoms with E-state index in [0.29, 0.717) is 23.3 Å². The Bertz CT molecular complexity index is 1260. The van der Waals surface area contributed by atoms with Crippen LogP contribution in [0, 0.1) is 17.2 Å². The van der Waals surface area contributed by atoms with Gasteiger partial charge in [0, 0.05) is 41.7 Å². The number of aromatic nitrogens is 1. The minimum atomic E-state index is 0.00934. The van der Waals surface area contributed by atoms with Crippen molar-refractivity contribution in [1.29, 1.82) is 5.26 Å². The highest BCUT2D eigenvalue weighted by molar-refractivity contribution is 7.15. The van der Waals surface area contributed by atoms with Crippen molar-refractivity contribution in [3.05, 3.63) is 58.6 Å². The third-order valence-corrected chi connectivity index (χ3v) is 8.83. The second-order valence-corrected chi connectivity index (χ2v) is 11.7. The van der Waals surface area contributed by atoms with Crippen LogP contribution >= 0.6 is 11.3 Å². The van der Waals surface area contributed by atoms with Crippen molar-refractivity contribution >= 4 is 17.4 Å². The number of carbonyl (C=O) groups excluding carboxylic acids is 1. The third kappa shape index (κ3) is 5.29. The summed E-state index contributed by atoms with van der Waals surface area (Å²) in [4.78, 5) is 23.1. The monoisotopic (exact) mass is 517 g/mol. The molecule has 7 nitrogen and oxygen atoms in total. The number of nitriles is 1. The molecular formula is C29H35N5O2S. The molecule has 2 fully saturated rings. The van der Waals surface area contributed by atoms with Gasteiger partial charge in [-0.1, -0.05) is 18.2 Å². The van der Waals surface area contributed by atoms with Crippen LogP contribution in [0.15, 0.2) is 48.2 Å². The van der Waals surface area contributed by atoms with Gasteiger partial charge in [-0.15, -0.1) is 11.3 Å². The molecule has 37 heavy (non-hydrogen) atoms. The molecule has 194 valence electrons. The van der Waals surface area contributed by atoms with Gasteiger partial charge >= 0.3 is 6.03 Å². The Morgan fingerprint density at radius 2 is 2.14 bits per heavy atom. The minimum Gasteiger partial charge on any atom is -0.490 e. The first-order valence-corrected chi connectivity index (χ1v) is 13.9. The van der Waals surface area contributed by atoms with Gasteiger partial charge in [0.2, 0.25) is 0 Å². The maximum Gasteiger partial charge on any atom is 0.317 e. The highest BCUT2D eigenvalue weighted by atomic mass is 32.1. The number of thiazole rings is 1. The zero-order valence-electron chi connectivity index (χ0n) is 22.0. The van der Waals surface area contributed by atoms with Crippen molar-refractivity contribution in [3.8, 4) is 22.4 Å². The third-order valence-electron chi connectivity index (χ3n) is 7.68. The highest BCUT2D eigenvalue weighted by Gasteiger charge is 2.39. The van der Waals surface area contributed by atoms with Crippen LogP contribution in [0.5, 0.6) is 5.75 Å². The summed E-state index contributed by atoms with van der Waals surface area (Å²) in [5.74, 6) is 1.22. The lowest BCUT2D eigenvalue weighted by Gasteiger charge is -2.27. The number of hydrogen-bond donors (Lipinski definition) is 1. The Morgan fingerprint density at radius 1 is 1.30 bits per heavy atom. The average Bonchev–Trinajstić information content (AvgIpc) is 3.64. The Kier molecular flexibility index (Phi) is 7.36. The van der Waals surface area contributed by atoms with E-state index in [-0.39, 0.29) is 24.1 Å². The first kappa shape index (κ1) is 25.5. The number of benzene rings is 1. The van der Waals surface area contributed by atoms with Gasteiger partial charge in [0.1, 0.15) is 16.8 Å². The first-order chi connectivity index (χ1) is 17.8. The van der Waals surface area contributed by atoms with Gasteiger partial charge < -0.3 is 19.9 Å². The van der Waals surface area contributed by atoms with Gasteiger partial charge in [0.05, 0.1) is 17.7 Å². The predicted molar refractivity (Wildman–Crippen MR) is 147 cm³/mol. The molecule has 4 atom stereocenters. The normalized spacial score (nSPS) is 24.8. The molecule has 3 aliphatic rings. The van der Waals surface area contributed by atoms with Crippen LogP contribution in [0.3, 0.4) is 0 Å². The van der Waals surface area contributed by atoms with Gasteiger partial charge in [-0.3, -0.25) is 0 Å². The molecule has 2 heterocycles. The van der Waals surface area contributed by atoms with E-state index in [1.54, 1.807) is 11.3 Å². The molecule has 2 aromatic rings. The topological polar surface area (TPSA) is 81.5 Å². The number of likely N-dealkylation sites (N-methyl/N-ethyl adjacent to an activating group) is 1. The number of likely N-dealkylation sites (tertiary alicyclic amines) is 1. The number of fused-ring (bicyclic) bond motifs is 1. The van der Waals surface area contributed by atoms with E-state index >= 15 is 0 Å². The van der Waals surface area contributed by atoms with E-state index < -0.39 is 0 Å². The molecule has 8 heteroatoms. The standard InChI is InChI=1S/C29H35N5O2S/c1-18(2)36-26-11-8-19(14-20(26)15-30)28-31-16-27(37-28)24-7-5-6-23-22(24)9-10-25(23)32-29(35)34-13-12-21(17-34)33(3)4/h5-8,11,14,16,18,21-22,24-25H,9-10,12-13,17H2,1-4H3,(H,32,35)/t21?,22?,24?,25-/m0/s1. The van der Waals surface area contributed by atoms with Crippen molar-refractivity contribution < 1.29 is 9.53 Å². The number of amides is 2. The number of ether oxygens (including phenoxy) is 1. The van der Waals surface area contributed by atoms with Gasteiger partial charge in [-0.2, -0.15) is 5.26 Å². The Balaban J connectivity index is 1.27. The second-order valence-electron chi connectivity index (χ2n) is 10.7. The van der Waals surface area contributed by atoms with E-state index in [1.165, 1.54) is 10.5 Å². The smallest absolute Gasteiger partial charge is 0.317 e. The molecule has 1 N–H and O–H groups in total. The quantitative estimate of drug-likeness (QED) is 0.572. The van der Waals surface area contributed by atoms with Crippen LogP contribution in [-0.4, -0.2) is 66.2 Å². The summed E-state index contributed by atoms with van der Waals surface area (Å²) >= 11 is 1.68. The molecule has 2 amide bonds. The molecule has 1 saturated carbocycles. The lowest BCUT2D eigenvalue weighted by molar-refractivity contribution is 0.201. The molecule has 1 aromatic carbocycles. The van der Waals surface area contributed by atoms with E-state index in [0.717, 1.165) is 42.9 Å². The molecular weight excluding hydrogens is 482 g/mol. The number of urea groups is 1. The van der Waals surface area contributed by atoms with Gasteiger partial charge in [-0.05, 0) is 76.9 Å². The lowest BCUT2D eigenvalue weighted by Crippen LogP contribution is -2.45. The van der Waals surface area contributed by atoms with Gasteiger partial charge in [-0.25, -0.2) is 9.78 Å². The summed E-state index contributed by atoms with van der Waals surface area (Å²) < 4.78 is 5.77. The van der Waals surface area contributed by atoms with Crippen LogP contribution in [-0.2, 0) is 0 Å². The molecule has 1 aliphatic heterocycles. The number of nitrogens with one attached hydrogen (secondary N) is 1. The molecule has 0 radical (unpaired) electrons. The van der Waals surface area contributed by atoms with Gasteiger partial charge in [0.25, 0.3) is 0 Å². The first-order valence-electron chi connectivity index (χ1n) is 13.1. The van der Waals surface area contributed by atoms with E-state index in [9.17, 15) is 10.1 Å². The fourth-order valence-corrected chi connectivity index (χ4v) is 6.76. The van der Waals surface area contributed by atoms with Crippen molar-refractivity contribution in [2.24, 2.45) is 5.92 Å². The van der Waals surface area contributed by atoms with Crippen molar-refractivity contribution in [2.45, 2.75) is 57.2 Å². The number of hydrogen-bond acceptors (Lipinski definition) is 6. The van der Waals surface area contributed by atoms with Crippen LogP contribution in [0.1, 0.15) is 49.5 Å². The Labute approximate surface area is 223 Å². The highest BCUT2D eigenvalue weighted by Crippen LogP contribution is 2.46. The molecule has 1 saturated heterocycles. The fourth-order valence-electron chi connectivity index (χ4n) is 5.70. The summed E-state index contributed by atoms with van der Waals surface area (Å²) in [6.07, 6.45) is 11.6. The number of allylic oxidation sites excluding steroid dienone is 3. The van der Waals surface area contributed by atoms with Crippen molar-refractivity contribution in [1.82, 2.24) is 20.1 Å². The molecule has 3 unspecified atom stereocenters. The summed E-state index contributed by atoms with van der Waals surface area (Å²) in [5, 5.41) is 13.8. The number of rotatable bonds is 6. The Morgan fingerprint density at radius 3 is 2.86 bits per heavy atom. The van der Waals surface area contributed by atoms with Crippen LogP contribution in [0.25, 0.3) is 10.6 Å². The van der Waals surface area contributed by atoms with E-state index in [2.05, 4.69) is 48.6 Å². The fraction of sp³-hybridized carbons (Fsp3) is 0.483.